The molecule has 1 aromatic carbocycles. The third kappa shape index (κ3) is 5.39. The lowest BCUT2D eigenvalue weighted by Crippen LogP contribution is -2.50. The first kappa shape index (κ1) is 14.8. The maximum absolute atomic E-state index is 11.8. The summed E-state index contributed by atoms with van der Waals surface area (Å²) in [5, 5.41) is 1.38. The Kier molecular flexibility index (Phi) is 7.24. The minimum atomic E-state index is -0.234. The summed E-state index contributed by atoms with van der Waals surface area (Å²) in [6.45, 7) is 2.72. The van der Waals surface area contributed by atoms with Gasteiger partial charge in [-0.2, -0.15) is 5.53 Å². The fourth-order valence-corrected chi connectivity index (χ4v) is 2.00. The highest BCUT2D eigenvalue weighted by Gasteiger charge is 2.11. The quantitative estimate of drug-likeness (QED) is 0.307. The largest absolute Gasteiger partial charge is 0.343 e. The molecule has 1 rings (SSSR count). The van der Waals surface area contributed by atoms with E-state index < -0.39 is 0 Å². The van der Waals surface area contributed by atoms with E-state index in [0.717, 1.165) is 24.2 Å². The third-order valence-electron chi connectivity index (χ3n) is 2.39. The maximum Gasteiger partial charge on any atom is 0.343 e. The highest BCUT2D eigenvalue weighted by Crippen LogP contribution is 2.13. The van der Waals surface area contributed by atoms with E-state index in [9.17, 15) is 4.79 Å². The molecule has 0 unspecified atom stereocenters. The second kappa shape index (κ2) is 8.79. The van der Waals surface area contributed by atoms with Crippen LogP contribution in [-0.4, -0.2) is 17.6 Å². The number of nitrogens with zero attached hydrogens (tertiary/aromatic N) is 1. The fourth-order valence-electron chi connectivity index (χ4n) is 1.39. The molecule has 0 aliphatic rings. The average molecular weight is 268 g/mol. The minimum absolute atomic E-state index is 0.234. The molecule has 0 fully saturated rings. The molecule has 2 amide bonds. The molecule has 0 saturated carbocycles. The van der Waals surface area contributed by atoms with Gasteiger partial charge in [-0.05, 0) is 30.5 Å². The molecular formula is C12H20N4OS. The molecule has 5 nitrogen and oxygen atoms in total. The van der Waals surface area contributed by atoms with Gasteiger partial charge in [0, 0.05) is 11.4 Å². The van der Waals surface area contributed by atoms with Crippen LogP contribution in [0.3, 0.4) is 0 Å². The van der Waals surface area contributed by atoms with Gasteiger partial charge in [0.25, 0.3) is 0 Å². The molecule has 4 N–H and O–H groups in total. The van der Waals surface area contributed by atoms with Crippen LogP contribution in [0.15, 0.2) is 35.2 Å². The summed E-state index contributed by atoms with van der Waals surface area (Å²) < 4.78 is 2.74. The number of hydrogen-bond donors (Lipinski definition) is 3. The zero-order valence-corrected chi connectivity index (χ0v) is 11.4. The Balaban J connectivity index is 2.33. The molecular weight excluding hydrogens is 248 g/mol. The van der Waals surface area contributed by atoms with E-state index >= 15 is 0 Å². The van der Waals surface area contributed by atoms with Gasteiger partial charge < -0.3 is 0 Å². The topological polar surface area (TPSA) is 70.4 Å². The van der Waals surface area contributed by atoms with Crippen LogP contribution in [0.1, 0.15) is 26.2 Å². The highest BCUT2D eigenvalue weighted by molar-refractivity contribution is 7.98. The number of urea groups is 1. The van der Waals surface area contributed by atoms with Gasteiger partial charge in [-0.15, -0.1) is 0 Å². The van der Waals surface area contributed by atoms with Crippen molar-refractivity contribution >= 4 is 18.0 Å². The summed E-state index contributed by atoms with van der Waals surface area (Å²) in [5.74, 6) is 5.33. The normalized spacial score (nSPS) is 10.1. The fraction of sp³-hybridized carbons (Fsp3) is 0.417. The number of hydrogen-bond acceptors (Lipinski definition) is 4. The molecule has 0 aromatic heterocycles. The predicted octanol–water partition coefficient (Wildman–Crippen LogP) is 2.27. The van der Waals surface area contributed by atoms with Crippen LogP contribution >= 0.6 is 11.9 Å². The lowest BCUT2D eigenvalue weighted by atomic mass is 10.2. The van der Waals surface area contributed by atoms with Crippen molar-refractivity contribution in [3.05, 3.63) is 30.3 Å². The first-order valence-corrected chi connectivity index (χ1v) is 6.85. The summed E-state index contributed by atoms with van der Waals surface area (Å²) >= 11 is 1.27. The Hall–Kier alpha value is -1.24. The van der Waals surface area contributed by atoms with Crippen molar-refractivity contribution in [1.29, 1.82) is 0 Å². The molecule has 0 radical (unpaired) electrons. The molecule has 0 heterocycles. The van der Waals surface area contributed by atoms with E-state index in [2.05, 4.69) is 17.2 Å². The molecule has 0 saturated heterocycles. The molecule has 0 spiro atoms. The first-order valence-electron chi connectivity index (χ1n) is 6.03. The molecule has 0 atom stereocenters. The first-order chi connectivity index (χ1) is 8.77. The summed E-state index contributed by atoms with van der Waals surface area (Å²) in [7, 11) is 0. The van der Waals surface area contributed by atoms with Gasteiger partial charge in [0.05, 0.1) is 0 Å². The van der Waals surface area contributed by atoms with Gasteiger partial charge in [-0.3, -0.25) is 10.6 Å². The third-order valence-corrected chi connectivity index (χ3v) is 3.17. The number of unbranched alkanes of at least 4 members (excludes halogenated alkanes) is 2. The van der Waals surface area contributed by atoms with E-state index in [0.29, 0.717) is 6.54 Å². The van der Waals surface area contributed by atoms with Crippen molar-refractivity contribution in [1.82, 2.24) is 15.3 Å². The van der Waals surface area contributed by atoms with Crippen LogP contribution < -0.4 is 16.1 Å². The van der Waals surface area contributed by atoms with E-state index in [-0.39, 0.29) is 6.03 Å². The number of nitrogens with two attached hydrogens (primary N) is 1. The van der Waals surface area contributed by atoms with E-state index in [4.69, 9.17) is 5.84 Å². The Morgan fingerprint density at radius 2 is 2.06 bits per heavy atom. The molecule has 6 heteroatoms. The van der Waals surface area contributed by atoms with Crippen LogP contribution in [0.25, 0.3) is 0 Å². The van der Waals surface area contributed by atoms with E-state index in [1.54, 1.807) is 0 Å². The van der Waals surface area contributed by atoms with Crippen molar-refractivity contribution in [3.63, 3.8) is 0 Å². The van der Waals surface area contributed by atoms with Crippen LogP contribution in [0.2, 0.25) is 0 Å². The van der Waals surface area contributed by atoms with Crippen LogP contribution in [-0.2, 0) is 0 Å². The summed E-state index contributed by atoms with van der Waals surface area (Å²) in [6.07, 6.45) is 3.13. The summed E-state index contributed by atoms with van der Waals surface area (Å²) in [5.41, 5.74) is 2.40. The number of carbonyl (C=O) groups is 1. The Labute approximate surface area is 112 Å². The highest BCUT2D eigenvalue weighted by atomic mass is 32.2. The lowest BCUT2D eigenvalue weighted by molar-refractivity contribution is 0.175. The zero-order chi connectivity index (χ0) is 13.2. The number of carbonyl (C=O) groups excluding carboxylic acids is 1. The summed E-state index contributed by atoms with van der Waals surface area (Å²) in [6, 6.07) is 9.42. The number of hydrazine groups is 2. The van der Waals surface area contributed by atoms with Gasteiger partial charge in [0.2, 0.25) is 0 Å². The number of nitrogens with one attached hydrogen (secondary N) is 2. The molecule has 18 heavy (non-hydrogen) atoms. The second-order valence-electron chi connectivity index (χ2n) is 3.81. The van der Waals surface area contributed by atoms with Gasteiger partial charge in [0.1, 0.15) is 0 Å². The van der Waals surface area contributed by atoms with Gasteiger partial charge in [-0.1, -0.05) is 38.0 Å². The van der Waals surface area contributed by atoms with Crippen molar-refractivity contribution in [2.24, 2.45) is 5.84 Å². The van der Waals surface area contributed by atoms with Crippen LogP contribution in [0.4, 0.5) is 4.79 Å². The van der Waals surface area contributed by atoms with Crippen LogP contribution in [0, 0.1) is 0 Å². The lowest BCUT2D eigenvalue weighted by Gasteiger charge is -2.20. The SMILES string of the molecule is CCCCCN(NN)C(=O)NSc1ccccc1. The van der Waals surface area contributed by atoms with Crippen molar-refractivity contribution in [2.45, 2.75) is 31.1 Å². The van der Waals surface area contributed by atoms with Crippen LogP contribution in [0.5, 0.6) is 0 Å². The van der Waals surface area contributed by atoms with Crippen molar-refractivity contribution < 1.29 is 4.79 Å². The number of rotatable bonds is 7. The van der Waals surface area contributed by atoms with Crippen molar-refractivity contribution in [2.75, 3.05) is 6.54 Å². The van der Waals surface area contributed by atoms with E-state index in [1.807, 2.05) is 30.3 Å². The standard InChI is InChI=1S/C12H20N4OS/c1-2-3-7-10-16(15-13)12(17)14-18-11-8-5-4-6-9-11/h4-6,8-9,15H,2-3,7,10,13H2,1H3,(H,14,17). The Bertz CT molecular complexity index is 347. The van der Waals surface area contributed by atoms with Gasteiger partial charge >= 0.3 is 6.03 Å². The molecule has 100 valence electrons. The number of benzene rings is 1. The minimum Gasteiger partial charge on any atom is -0.276 e. The van der Waals surface area contributed by atoms with E-state index in [1.165, 1.54) is 17.0 Å². The Morgan fingerprint density at radius 3 is 2.67 bits per heavy atom. The monoisotopic (exact) mass is 268 g/mol. The predicted molar refractivity (Wildman–Crippen MR) is 74.4 cm³/mol. The zero-order valence-electron chi connectivity index (χ0n) is 10.6. The second-order valence-corrected chi connectivity index (χ2v) is 4.69. The molecule has 1 aromatic rings. The Morgan fingerprint density at radius 1 is 1.33 bits per heavy atom. The molecule has 0 bridgehead atoms. The average Bonchev–Trinajstić information content (AvgIpc) is 2.42. The maximum atomic E-state index is 11.8. The summed E-state index contributed by atoms with van der Waals surface area (Å²) in [4.78, 5) is 12.8. The molecule has 0 aliphatic heterocycles. The molecule has 0 aliphatic carbocycles. The van der Waals surface area contributed by atoms with Gasteiger partial charge in [0.15, 0.2) is 0 Å². The number of amides is 2. The van der Waals surface area contributed by atoms with Gasteiger partial charge in [-0.25, -0.2) is 9.80 Å². The smallest absolute Gasteiger partial charge is 0.276 e. The van der Waals surface area contributed by atoms with Crippen molar-refractivity contribution in [3.8, 4) is 0 Å².